The van der Waals surface area contributed by atoms with E-state index in [1.54, 1.807) is 4.90 Å². The van der Waals surface area contributed by atoms with Crippen molar-refractivity contribution >= 4 is 36.0 Å². The number of halogens is 1. The Morgan fingerprint density at radius 3 is 2.48 bits per heavy atom. The quantitative estimate of drug-likeness (QED) is 0.326. The number of hydrogen-bond donors (Lipinski definition) is 2. The van der Waals surface area contributed by atoms with Crippen LogP contribution in [-0.4, -0.2) is 69.0 Å². The van der Waals surface area contributed by atoms with E-state index < -0.39 is 0 Å². The minimum atomic E-state index is -0.208. The number of amides is 1. The maximum Gasteiger partial charge on any atom is 0.409 e. The van der Waals surface area contributed by atoms with Gasteiger partial charge < -0.3 is 25.0 Å². The third-order valence-electron chi connectivity index (χ3n) is 6.08. The molecule has 8 heteroatoms. The lowest BCUT2D eigenvalue weighted by Gasteiger charge is -2.37. The SMILES string of the molecule is CCNC(=NCC1(c2ccccc2)CCOCC1)NC1CCN(C(=O)OCC)CC1.I. The number of piperidine rings is 1. The summed E-state index contributed by atoms with van der Waals surface area (Å²) in [6.45, 7) is 8.87. The topological polar surface area (TPSA) is 75.2 Å². The molecule has 0 aliphatic carbocycles. The van der Waals surface area contributed by atoms with Crippen molar-refractivity contribution in [1.29, 1.82) is 0 Å². The van der Waals surface area contributed by atoms with E-state index in [0.717, 1.165) is 57.9 Å². The summed E-state index contributed by atoms with van der Waals surface area (Å²) < 4.78 is 10.8. The molecule has 2 N–H and O–H groups in total. The molecule has 0 saturated carbocycles. The van der Waals surface area contributed by atoms with Gasteiger partial charge in [0, 0.05) is 44.3 Å². The van der Waals surface area contributed by atoms with Crippen LogP contribution in [0.2, 0.25) is 0 Å². The largest absolute Gasteiger partial charge is 0.450 e. The maximum absolute atomic E-state index is 11.9. The van der Waals surface area contributed by atoms with Gasteiger partial charge in [-0.2, -0.15) is 0 Å². The Morgan fingerprint density at radius 1 is 1.19 bits per heavy atom. The molecule has 31 heavy (non-hydrogen) atoms. The van der Waals surface area contributed by atoms with Gasteiger partial charge in [0.05, 0.1) is 13.2 Å². The Labute approximate surface area is 203 Å². The minimum Gasteiger partial charge on any atom is -0.450 e. The highest BCUT2D eigenvalue weighted by molar-refractivity contribution is 14.0. The van der Waals surface area contributed by atoms with Crippen LogP contribution in [0.25, 0.3) is 0 Å². The molecular weight excluding hydrogens is 507 g/mol. The van der Waals surface area contributed by atoms with Gasteiger partial charge in [0.2, 0.25) is 0 Å². The maximum atomic E-state index is 11.9. The zero-order valence-electron chi connectivity index (χ0n) is 18.8. The van der Waals surface area contributed by atoms with Crippen LogP contribution in [0.1, 0.15) is 45.1 Å². The Kier molecular flexibility index (Phi) is 10.9. The lowest BCUT2D eigenvalue weighted by atomic mass is 9.74. The molecule has 3 rings (SSSR count). The molecule has 2 aliphatic rings. The van der Waals surface area contributed by atoms with Gasteiger partial charge in [0.15, 0.2) is 5.96 Å². The first kappa shape index (κ1) is 25.7. The number of benzene rings is 1. The summed E-state index contributed by atoms with van der Waals surface area (Å²) in [5.41, 5.74) is 1.37. The van der Waals surface area contributed by atoms with Crippen LogP contribution in [0.4, 0.5) is 4.79 Å². The monoisotopic (exact) mass is 544 g/mol. The molecule has 7 nitrogen and oxygen atoms in total. The first-order valence-corrected chi connectivity index (χ1v) is 11.3. The van der Waals surface area contributed by atoms with E-state index in [1.165, 1.54) is 5.56 Å². The van der Waals surface area contributed by atoms with Crippen molar-refractivity contribution in [3.63, 3.8) is 0 Å². The van der Waals surface area contributed by atoms with Gasteiger partial charge in [-0.3, -0.25) is 4.99 Å². The molecule has 2 saturated heterocycles. The van der Waals surface area contributed by atoms with Crippen molar-refractivity contribution in [3.05, 3.63) is 35.9 Å². The second kappa shape index (κ2) is 13.1. The highest BCUT2D eigenvalue weighted by Crippen LogP contribution is 2.35. The summed E-state index contributed by atoms with van der Waals surface area (Å²) in [4.78, 5) is 18.7. The molecule has 0 atom stereocenters. The normalized spacial score (nSPS) is 19.3. The first-order chi connectivity index (χ1) is 14.7. The Hall–Kier alpha value is -1.55. The first-order valence-electron chi connectivity index (χ1n) is 11.3. The summed E-state index contributed by atoms with van der Waals surface area (Å²) in [6.07, 6.45) is 3.54. The number of nitrogens with zero attached hydrogens (tertiary/aromatic N) is 2. The molecule has 0 aromatic heterocycles. The van der Waals surface area contributed by atoms with Crippen LogP contribution in [0.5, 0.6) is 0 Å². The number of ether oxygens (including phenoxy) is 2. The van der Waals surface area contributed by atoms with Gasteiger partial charge in [-0.1, -0.05) is 30.3 Å². The van der Waals surface area contributed by atoms with Gasteiger partial charge in [-0.25, -0.2) is 4.79 Å². The molecule has 2 fully saturated rings. The van der Waals surface area contributed by atoms with Crippen LogP contribution in [-0.2, 0) is 14.9 Å². The highest BCUT2D eigenvalue weighted by atomic mass is 127. The fraction of sp³-hybridized carbons (Fsp3) is 0.652. The smallest absolute Gasteiger partial charge is 0.409 e. The summed E-state index contributed by atoms with van der Waals surface area (Å²) in [7, 11) is 0. The Morgan fingerprint density at radius 2 is 1.87 bits per heavy atom. The van der Waals surface area contributed by atoms with Gasteiger partial charge in [-0.05, 0) is 45.1 Å². The van der Waals surface area contributed by atoms with Crippen molar-refractivity contribution in [2.45, 2.75) is 51.0 Å². The Bertz CT molecular complexity index is 687. The summed E-state index contributed by atoms with van der Waals surface area (Å²) in [5.74, 6) is 0.855. The molecule has 2 aliphatic heterocycles. The molecule has 1 amide bonds. The van der Waals surface area contributed by atoms with E-state index >= 15 is 0 Å². The average molecular weight is 544 g/mol. The van der Waals surface area contributed by atoms with Crippen LogP contribution in [0.3, 0.4) is 0 Å². The molecule has 2 heterocycles. The van der Waals surface area contributed by atoms with Crippen molar-refractivity contribution in [3.8, 4) is 0 Å². The lowest BCUT2D eigenvalue weighted by molar-refractivity contribution is 0.0530. The fourth-order valence-electron chi connectivity index (χ4n) is 4.26. The van der Waals surface area contributed by atoms with Crippen LogP contribution < -0.4 is 10.6 Å². The summed E-state index contributed by atoms with van der Waals surface area (Å²) >= 11 is 0. The average Bonchev–Trinajstić information content (AvgIpc) is 2.79. The second-order valence-electron chi connectivity index (χ2n) is 8.06. The van der Waals surface area contributed by atoms with E-state index in [0.29, 0.717) is 25.7 Å². The van der Waals surface area contributed by atoms with E-state index in [1.807, 2.05) is 6.92 Å². The molecule has 0 spiro atoms. The van der Waals surface area contributed by atoms with Crippen molar-refractivity contribution in [2.24, 2.45) is 4.99 Å². The zero-order valence-corrected chi connectivity index (χ0v) is 21.1. The van der Waals surface area contributed by atoms with Gasteiger partial charge in [-0.15, -0.1) is 24.0 Å². The number of likely N-dealkylation sites (tertiary alicyclic amines) is 1. The minimum absolute atomic E-state index is 0. The number of hydrogen-bond acceptors (Lipinski definition) is 4. The molecule has 1 aromatic carbocycles. The number of nitrogens with one attached hydrogen (secondary N) is 2. The second-order valence-corrected chi connectivity index (χ2v) is 8.06. The number of carbonyl (C=O) groups excluding carboxylic acids is 1. The fourth-order valence-corrected chi connectivity index (χ4v) is 4.26. The molecule has 0 radical (unpaired) electrons. The molecular formula is C23H37IN4O3. The van der Waals surface area contributed by atoms with E-state index in [4.69, 9.17) is 14.5 Å². The van der Waals surface area contributed by atoms with Crippen molar-refractivity contribution in [2.75, 3.05) is 46.0 Å². The van der Waals surface area contributed by atoms with Gasteiger partial charge in [0.25, 0.3) is 0 Å². The highest BCUT2D eigenvalue weighted by Gasteiger charge is 2.34. The molecule has 0 bridgehead atoms. The molecule has 1 aromatic rings. The number of rotatable bonds is 6. The lowest BCUT2D eigenvalue weighted by Crippen LogP contribution is -2.50. The van der Waals surface area contributed by atoms with Crippen LogP contribution in [0.15, 0.2) is 35.3 Å². The van der Waals surface area contributed by atoms with E-state index in [9.17, 15) is 4.79 Å². The summed E-state index contributed by atoms with van der Waals surface area (Å²) in [5, 5.41) is 6.98. The number of guanidine groups is 1. The van der Waals surface area contributed by atoms with Crippen LogP contribution >= 0.6 is 24.0 Å². The van der Waals surface area contributed by atoms with E-state index in [-0.39, 0.29) is 35.5 Å². The van der Waals surface area contributed by atoms with Gasteiger partial charge >= 0.3 is 6.09 Å². The number of carbonyl (C=O) groups is 1. The van der Waals surface area contributed by atoms with E-state index in [2.05, 4.69) is 47.9 Å². The molecule has 0 unspecified atom stereocenters. The third-order valence-corrected chi connectivity index (χ3v) is 6.08. The number of aliphatic imine (C=N–C) groups is 1. The zero-order chi connectivity index (χ0) is 21.2. The Balaban J connectivity index is 0.00000341. The predicted molar refractivity (Wildman–Crippen MR) is 134 cm³/mol. The van der Waals surface area contributed by atoms with Gasteiger partial charge in [0.1, 0.15) is 0 Å². The predicted octanol–water partition coefficient (Wildman–Crippen LogP) is 3.53. The van der Waals surface area contributed by atoms with Crippen LogP contribution in [0, 0.1) is 0 Å². The third kappa shape index (κ3) is 7.24. The van der Waals surface area contributed by atoms with Crippen molar-refractivity contribution < 1.29 is 14.3 Å². The summed E-state index contributed by atoms with van der Waals surface area (Å²) in [6, 6.07) is 11.0. The standard InChI is InChI=1S/C23H36N4O3.HI/c1-3-24-21(26-20-10-14-27(15-11-20)22(28)30-4-2)25-18-23(12-16-29-17-13-23)19-8-6-5-7-9-19;/h5-9,20H,3-4,10-18H2,1-2H3,(H2,24,25,26);1H. The molecule has 174 valence electrons. The van der Waals surface area contributed by atoms with Crippen molar-refractivity contribution in [1.82, 2.24) is 15.5 Å².